The van der Waals surface area contributed by atoms with Crippen LogP contribution in [-0.4, -0.2) is 5.75 Å². The molecular weight excluding hydrogens is 268 g/mol. The molecule has 2 heteroatoms. The summed E-state index contributed by atoms with van der Waals surface area (Å²) in [5.74, 6) is 1.93. The Balaban J connectivity index is 3.71. The van der Waals surface area contributed by atoms with Gasteiger partial charge in [-0.2, -0.15) is 0 Å². The van der Waals surface area contributed by atoms with Gasteiger partial charge in [-0.25, -0.2) is 0 Å². The zero-order valence-electron chi connectivity index (χ0n) is 13.2. The smallest absolute Gasteiger partial charge is 0.0168 e. The van der Waals surface area contributed by atoms with Crippen LogP contribution in [-0.2, 0) is 0 Å². The summed E-state index contributed by atoms with van der Waals surface area (Å²) in [6.07, 6.45) is 13.9. The van der Waals surface area contributed by atoms with Crippen LogP contribution in [0.5, 0.6) is 0 Å². The summed E-state index contributed by atoms with van der Waals surface area (Å²) in [6, 6.07) is 0. The molecule has 0 amide bonds. The van der Waals surface area contributed by atoms with Crippen molar-refractivity contribution >= 4 is 24.4 Å². The molecule has 0 aromatic carbocycles. The van der Waals surface area contributed by atoms with Crippen molar-refractivity contribution in [3.63, 3.8) is 0 Å². The average Bonchev–Trinajstić information content (AvgIpc) is 2.32. The van der Waals surface area contributed by atoms with Gasteiger partial charge in [-0.1, -0.05) is 58.6 Å². The van der Waals surface area contributed by atoms with E-state index in [9.17, 15) is 0 Å². The van der Waals surface area contributed by atoms with Crippen molar-refractivity contribution in [1.82, 2.24) is 0 Å². The minimum absolute atomic E-state index is 0.863. The average molecular weight is 301 g/mol. The largest absolute Gasteiger partial charge is 0.148 e. The number of thiol groups is 1. The normalized spacial score (nSPS) is 13.4. The summed E-state index contributed by atoms with van der Waals surface area (Å²) in [5, 5.41) is 0. The molecule has 0 aromatic heterocycles. The van der Waals surface area contributed by atoms with Crippen molar-refractivity contribution in [2.45, 2.75) is 72.6 Å². The lowest BCUT2D eigenvalue weighted by Gasteiger charge is -2.07. The molecule has 0 unspecified atom stereocenters. The van der Waals surface area contributed by atoms with E-state index in [2.05, 4.69) is 45.6 Å². The van der Waals surface area contributed by atoms with Crippen LogP contribution in [0, 0.1) is 5.92 Å². The van der Waals surface area contributed by atoms with Crippen LogP contribution in [0.3, 0.4) is 0 Å². The number of hydrogen-bond acceptors (Lipinski definition) is 2. The molecule has 19 heavy (non-hydrogen) atoms. The molecule has 0 bridgehead atoms. The lowest BCUT2D eigenvalue weighted by atomic mass is 10.0. The monoisotopic (exact) mass is 300 g/mol. The molecule has 0 aromatic rings. The lowest BCUT2D eigenvalue weighted by Crippen LogP contribution is -1.88. The van der Waals surface area contributed by atoms with E-state index in [0.717, 1.165) is 23.0 Å². The van der Waals surface area contributed by atoms with E-state index < -0.39 is 0 Å². The standard InChI is InChI=1S/C17H32S2/c1-5-10-17(19-14-13-16(4)18)12-9-7-6-8-11-15(2)3/h10,13,15,18H,5-9,11-12,14H2,1-4H3/b16-13-,17-10-. The second-order valence-electron chi connectivity index (χ2n) is 5.58. The highest BCUT2D eigenvalue weighted by atomic mass is 32.2. The minimum Gasteiger partial charge on any atom is -0.148 e. The molecule has 112 valence electrons. The van der Waals surface area contributed by atoms with Gasteiger partial charge in [0.1, 0.15) is 0 Å². The summed E-state index contributed by atoms with van der Waals surface area (Å²) in [7, 11) is 0. The highest BCUT2D eigenvalue weighted by Crippen LogP contribution is 2.24. The van der Waals surface area contributed by atoms with Crippen molar-refractivity contribution < 1.29 is 0 Å². The zero-order valence-corrected chi connectivity index (χ0v) is 15.0. The Morgan fingerprint density at radius 3 is 2.37 bits per heavy atom. The minimum atomic E-state index is 0.863. The van der Waals surface area contributed by atoms with Crippen molar-refractivity contribution in [1.29, 1.82) is 0 Å². The topological polar surface area (TPSA) is 0 Å². The van der Waals surface area contributed by atoms with Crippen LogP contribution in [0.4, 0.5) is 0 Å². The van der Waals surface area contributed by atoms with Gasteiger partial charge < -0.3 is 0 Å². The van der Waals surface area contributed by atoms with E-state index in [4.69, 9.17) is 0 Å². The summed E-state index contributed by atoms with van der Waals surface area (Å²) < 4.78 is 0. The molecule has 0 aliphatic heterocycles. The third-order valence-electron chi connectivity index (χ3n) is 3.03. The number of rotatable bonds is 11. The van der Waals surface area contributed by atoms with Gasteiger partial charge >= 0.3 is 0 Å². The molecule has 0 nitrogen and oxygen atoms in total. The van der Waals surface area contributed by atoms with Crippen LogP contribution in [0.1, 0.15) is 72.6 Å². The zero-order chi connectivity index (χ0) is 14.5. The van der Waals surface area contributed by atoms with Gasteiger partial charge in [0.15, 0.2) is 0 Å². The van der Waals surface area contributed by atoms with Gasteiger partial charge in [0, 0.05) is 5.75 Å². The number of thioether (sulfide) groups is 1. The Hall–Kier alpha value is 0.180. The van der Waals surface area contributed by atoms with E-state index in [1.54, 1.807) is 4.91 Å². The molecule has 0 atom stereocenters. The predicted molar refractivity (Wildman–Crippen MR) is 96.1 cm³/mol. The highest BCUT2D eigenvalue weighted by molar-refractivity contribution is 8.03. The first-order chi connectivity index (χ1) is 9.06. The van der Waals surface area contributed by atoms with Gasteiger partial charge in [-0.05, 0) is 41.9 Å². The van der Waals surface area contributed by atoms with Gasteiger partial charge in [0.05, 0.1) is 0 Å². The molecule has 0 saturated carbocycles. The lowest BCUT2D eigenvalue weighted by molar-refractivity contribution is 0.520. The molecule has 0 aliphatic carbocycles. The Morgan fingerprint density at radius 1 is 1.11 bits per heavy atom. The fourth-order valence-electron chi connectivity index (χ4n) is 1.94. The molecule has 0 saturated heterocycles. The number of hydrogen-bond donors (Lipinski definition) is 1. The van der Waals surface area contributed by atoms with E-state index in [-0.39, 0.29) is 0 Å². The van der Waals surface area contributed by atoms with E-state index in [1.807, 2.05) is 18.7 Å². The molecule has 0 rings (SSSR count). The van der Waals surface area contributed by atoms with Crippen LogP contribution in [0.2, 0.25) is 0 Å². The summed E-state index contributed by atoms with van der Waals surface area (Å²) in [4.78, 5) is 2.69. The van der Waals surface area contributed by atoms with E-state index in [1.165, 1.54) is 38.5 Å². The van der Waals surface area contributed by atoms with Crippen molar-refractivity contribution in [3.05, 3.63) is 22.0 Å². The van der Waals surface area contributed by atoms with Crippen LogP contribution >= 0.6 is 24.4 Å². The van der Waals surface area contributed by atoms with Gasteiger partial charge in [0.2, 0.25) is 0 Å². The molecule has 0 radical (unpaired) electrons. The second kappa shape index (κ2) is 13.2. The number of allylic oxidation sites excluding steroid dienone is 3. The molecular formula is C17H32S2. The Kier molecular flexibility index (Phi) is 13.3. The Morgan fingerprint density at radius 2 is 1.79 bits per heavy atom. The SMILES string of the molecule is CC/C=C(/CCCCCCC(C)C)SC/C=C(/C)S. The maximum atomic E-state index is 4.31. The first kappa shape index (κ1) is 19.2. The van der Waals surface area contributed by atoms with Gasteiger partial charge in [-0.3, -0.25) is 0 Å². The van der Waals surface area contributed by atoms with Crippen LogP contribution in [0.25, 0.3) is 0 Å². The fourth-order valence-corrected chi connectivity index (χ4v) is 3.27. The van der Waals surface area contributed by atoms with Gasteiger partial charge in [-0.15, -0.1) is 24.4 Å². The molecule has 0 N–H and O–H groups in total. The predicted octanol–water partition coefficient (Wildman–Crippen LogP) is 6.84. The van der Waals surface area contributed by atoms with E-state index >= 15 is 0 Å². The summed E-state index contributed by atoms with van der Waals surface area (Å²) >= 11 is 6.29. The highest BCUT2D eigenvalue weighted by Gasteiger charge is 1.99. The molecule has 0 aliphatic rings. The maximum absolute atomic E-state index is 4.31. The Bertz CT molecular complexity index is 260. The third-order valence-corrected chi connectivity index (χ3v) is 4.29. The first-order valence-electron chi connectivity index (χ1n) is 7.73. The first-order valence-corrected chi connectivity index (χ1v) is 9.17. The summed E-state index contributed by atoms with van der Waals surface area (Å²) in [6.45, 7) is 8.90. The van der Waals surface area contributed by atoms with Crippen LogP contribution < -0.4 is 0 Å². The van der Waals surface area contributed by atoms with Gasteiger partial charge in [0.25, 0.3) is 0 Å². The van der Waals surface area contributed by atoms with Crippen molar-refractivity contribution in [2.75, 3.05) is 5.75 Å². The molecule has 0 spiro atoms. The van der Waals surface area contributed by atoms with Crippen molar-refractivity contribution in [3.8, 4) is 0 Å². The van der Waals surface area contributed by atoms with E-state index in [0.29, 0.717) is 0 Å². The van der Waals surface area contributed by atoms with Crippen molar-refractivity contribution in [2.24, 2.45) is 5.92 Å². The molecule has 0 fully saturated rings. The molecule has 0 heterocycles. The Labute approximate surface area is 130 Å². The fraction of sp³-hybridized carbons (Fsp3) is 0.765. The number of unbranched alkanes of at least 4 members (excludes halogenated alkanes) is 3. The third kappa shape index (κ3) is 14.4. The summed E-state index contributed by atoms with van der Waals surface area (Å²) in [5.41, 5.74) is 0. The second-order valence-corrected chi connectivity index (χ2v) is 7.43. The maximum Gasteiger partial charge on any atom is 0.0168 e. The van der Waals surface area contributed by atoms with Crippen LogP contribution in [0.15, 0.2) is 22.0 Å². The quantitative estimate of drug-likeness (QED) is 0.322.